The van der Waals surface area contributed by atoms with Crippen LogP contribution in [-0.2, 0) is 23.9 Å². The Bertz CT molecular complexity index is 450. The van der Waals surface area contributed by atoms with Gasteiger partial charge in [0.05, 0.1) is 6.61 Å². The summed E-state index contributed by atoms with van der Waals surface area (Å²) in [4.78, 5) is 36.0. The number of carbonyl (C=O) groups excluding carboxylic acids is 3. The Labute approximate surface area is 143 Å². The van der Waals surface area contributed by atoms with Gasteiger partial charge in [0.15, 0.2) is 12.2 Å². The van der Waals surface area contributed by atoms with Gasteiger partial charge in [0, 0.05) is 6.54 Å². The molecule has 1 rings (SSSR count). The number of rotatable bonds is 10. The summed E-state index contributed by atoms with van der Waals surface area (Å²) < 4.78 is 9.89. The Morgan fingerprint density at radius 1 is 1.08 bits per heavy atom. The molecule has 1 fully saturated rings. The number of ether oxygens (including phenoxy) is 2. The number of hydrogen-bond acceptors (Lipinski definition) is 5. The Morgan fingerprint density at radius 2 is 1.75 bits per heavy atom. The van der Waals surface area contributed by atoms with E-state index in [1.54, 1.807) is 6.92 Å². The molecule has 24 heavy (non-hydrogen) atoms. The van der Waals surface area contributed by atoms with Crippen LogP contribution in [0.25, 0.3) is 0 Å². The molecule has 0 radical (unpaired) electrons. The predicted molar refractivity (Wildman–Crippen MR) is 89.1 cm³/mol. The van der Waals surface area contributed by atoms with Crippen molar-refractivity contribution in [3.8, 4) is 0 Å². The first-order chi connectivity index (χ1) is 11.3. The topological polar surface area (TPSA) is 97.0 Å². The molecule has 0 aliphatic carbocycles. The van der Waals surface area contributed by atoms with Crippen molar-refractivity contribution in [1.82, 2.24) is 10.6 Å². The molecule has 1 aliphatic heterocycles. The Kier molecular flexibility index (Phi) is 8.18. The van der Waals surface area contributed by atoms with Crippen molar-refractivity contribution in [3.05, 3.63) is 0 Å². The van der Waals surface area contributed by atoms with E-state index in [9.17, 15) is 14.4 Å². The van der Waals surface area contributed by atoms with Gasteiger partial charge in [-0.3, -0.25) is 9.59 Å². The summed E-state index contributed by atoms with van der Waals surface area (Å²) in [7, 11) is 0. The van der Waals surface area contributed by atoms with Crippen LogP contribution >= 0.6 is 0 Å². The van der Waals surface area contributed by atoms with E-state index in [0.29, 0.717) is 18.9 Å². The molecule has 0 saturated carbocycles. The number of carbonyl (C=O) groups is 3. The summed E-state index contributed by atoms with van der Waals surface area (Å²) >= 11 is 0. The monoisotopic (exact) mass is 342 g/mol. The molecule has 2 amide bonds. The van der Waals surface area contributed by atoms with Crippen molar-refractivity contribution in [3.63, 3.8) is 0 Å². The number of nitrogens with one attached hydrogen (secondary N) is 2. The van der Waals surface area contributed by atoms with Crippen molar-refractivity contribution in [2.45, 2.75) is 65.7 Å². The maximum absolute atomic E-state index is 12.3. The van der Waals surface area contributed by atoms with E-state index in [4.69, 9.17) is 9.47 Å². The van der Waals surface area contributed by atoms with Crippen LogP contribution in [0, 0.1) is 11.8 Å². The highest BCUT2D eigenvalue weighted by Crippen LogP contribution is 2.24. The highest BCUT2D eigenvalue weighted by atomic mass is 16.6. The number of amides is 2. The fraction of sp³-hybridized carbons (Fsp3) is 0.824. The first-order valence-corrected chi connectivity index (χ1v) is 8.66. The van der Waals surface area contributed by atoms with Gasteiger partial charge in [-0.25, -0.2) is 4.79 Å². The van der Waals surface area contributed by atoms with Gasteiger partial charge >= 0.3 is 5.97 Å². The summed E-state index contributed by atoms with van der Waals surface area (Å²) in [6.45, 7) is 10.6. The molecule has 1 heterocycles. The van der Waals surface area contributed by atoms with E-state index in [0.717, 1.165) is 6.42 Å². The van der Waals surface area contributed by atoms with Gasteiger partial charge < -0.3 is 20.1 Å². The summed E-state index contributed by atoms with van der Waals surface area (Å²) in [5.74, 6) is -0.455. The van der Waals surface area contributed by atoms with Crippen LogP contribution < -0.4 is 10.6 Å². The average molecular weight is 342 g/mol. The molecule has 0 aromatic carbocycles. The van der Waals surface area contributed by atoms with Crippen molar-refractivity contribution in [2.24, 2.45) is 11.8 Å². The van der Waals surface area contributed by atoms with Crippen molar-refractivity contribution >= 4 is 17.8 Å². The van der Waals surface area contributed by atoms with Crippen molar-refractivity contribution < 1.29 is 23.9 Å². The largest absolute Gasteiger partial charge is 0.464 e. The van der Waals surface area contributed by atoms with Crippen LogP contribution in [-0.4, -0.2) is 49.2 Å². The van der Waals surface area contributed by atoms with Gasteiger partial charge in [0.25, 0.3) is 5.91 Å². The SMILES string of the molecule is CCOC(=O)[C@H]1O[C@H]1C(=O)N[C@H](CC(C)C)C(=O)NCCC(C)C. The third-order valence-electron chi connectivity index (χ3n) is 3.63. The summed E-state index contributed by atoms with van der Waals surface area (Å²) in [6, 6.07) is -0.628. The smallest absolute Gasteiger partial charge is 0.338 e. The van der Waals surface area contributed by atoms with Crippen LogP contribution in [0.15, 0.2) is 0 Å². The van der Waals surface area contributed by atoms with Gasteiger partial charge in [0.2, 0.25) is 5.91 Å². The first-order valence-electron chi connectivity index (χ1n) is 8.66. The molecule has 0 aromatic rings. The van der Waals surface area contributed by atoms with E-state index in [1.165, 1.54) is 0 Å². The molecular formula is C17H30N2O5. The molecule has 7 heteroatoms. The standard InChI is InChI=1S/C17H30N2O5/c1-6-23-17(22)14-13(24-14)16(21)19-12(9-11(4)5)15(20)18-8-7-10(2)3/h10-14H,6-9H2,1-5H3,(H,18,20)(H,19,21)/t12-,13-,14+/m1/s1. The maximum Gasteiger partial charge on any atom is 0.338 e. The maximum atomic E-state index is 12.3. The fourth-order valence-corrected chi connectivity index (χ4v) is 2.28. The van der Waals surface area contributed by atoms with Crippen LogP contribution in [0.5, 0.6) is 0 Å². The van der Waals surface area contributed by atoms with Crippen molar-refractivity contribution in [1.29, 1.82) is 0 Å². The lowest BCUT2D eigenvalue weighted by Crippen LogP contribution is -2.49. The molecule has 2 N–H and O–H groups in total. The van der Waals surface area contributed by atoms with E-state index >= 15 is 0 Å². The molecule has 1 saturated heterocycles. The molecule has 0 unspecified atom stereocenters. The second kappa shape index (κ2) is 9.61. The van der Waals surface area contributed by atoms with Crippen LogP contribution in [0.3, 0.4) is 0 Å². The zero-order valence-corrected chi connectivity index (χ0v) is 15.3. The highest BCUT2D eigenvalue weighted by Gasteiger charge is 2.52. The van der Waals surface area contributed by atoms with Gasteiger partial charge in [-0.2, -0.15) is 0 Å². The summed E-state index contributed by atoms with van der Waals surface area (Å²) in [5.41, 5.74) is 0. The van der Waals surface area contributed by atoms with Crippen molar-refractivity contribution in [2.75, 3.05) is 13.2 Å². The van der Waals surface area contributed by atoms with E-state index < -0.39 is 30.1 Å². The number of esters is 1. The summed E-state index contributed by atoms with van der Waals surface area (Å²) in [5, 5.41) is 5.54. The third kappa shape index (κ3) is 6.86. The molecule has 3 atom stereocenters. The molecule has 0 aromatic heterocycles. The molecule has 0 spiro atoms. The van der Waals surface area contributed by atoms with Gasteiger partial charge in [0.1, 0.15) is 6.04 Å². The highest BCUT2D eigenvalue weighted by molar-refractivity contribution is 5.95. The minimum atomic E-state index is -0.859. The molecule has 0 bridgehead atoms. The van der Waals surface area contributed by atoms with Crippen LogP contribution in [0.2, 0.25) is 0 Å². The normalized spacial score (nSPS) is 20.6. The Balaban J connectivity index is 2.52. The number of hydrogen-bond donors (Lipinski definition) is 2. The van der Waals surface area contributed by atoms with Gasteiger partial charge in [-0.05, 0) is 31.6 Å². The zero-order valence-electron chi connectivity index (χ0n) is 15.3. The molecular weight excluding hydrogens is 312 g/mol. The average Bonchev–Trinajstić information content (AvgIpc) is 3.26. The third-order valence-corrected chi connectivity index (χ3v) is 3.63. The van der Waals surface area contributed by atoms with E-state index in [-0.39, 0.29) is 18.4 Å². The second-order valence-electron chi connectivity index (χ2n) is 6.89. The molecule has 138 valence electrons. The zero-order chi connectivity index (χ0) is 18.3. The van der Waals surface area contributed by atoms with Gasteiger partial charge in [-0.1, -0.05) is 27.7 Å². The second-order valence-corrected chi connectivity index (χ2v) is 6.89. The minimum absolute atomic E-state index is 0.203. The minimum Gasteiger partial charge on any atom is -0.464 e. The first kappa shape index (κ1) is 20.4. The quantitative estimate of drug-likeness (QED) is 0.456. The lowest BCUT2D eigenvalue weighted by atomic mass is 10.0. The fourth-order valence-electron chi connectivity index (χ4n) is 2.28. The van der Waals surface area contributed by atoms with E-state index in [1.807, 2.05) is 13.8 Å². The lowest BCUT2D eigenvalue weighted by molar-refractivity contribution is -0.144. The van der Waals surface area contributed by atoms with Crippen LogP contribution in [0.4, 0.5) is 0 Å². The van der Waals surface area contributed by atoms with Crippen LogP contribution in [0.1, 0.15) is 47.5 Å². The molecule has 7 nitrogen and oxygen atoms in total. The number of epoxide rings is 1. The Morgan fingerprint density at radius 3 is 2.29 bits per heavy atom. The molecule has 1 aliphatic rings. The lowest BCUT2D eigenvalue weighted by Gasteiger charge is -2.20. The predicted octanol–water partition coefficient (Wildman–Crippen LogP) is 1.01. The Hall–Kier alpha value is -1.63. The van der Waals surface area contributed by atoms with E-state index in [2.05, 4.69) is 24.5 Å². The van der Waals surface area contributed by atoms with Gasteiger partial charge in [-0.15, -0.1) is 0 Å². The summed E-state index contributed by atoms with van der Waals surface area (Å²) in [6.07, 6.45) is -0.309.